The van der Waals surface area contributed by atoms with Crippen LogP contribution >= 0.6 is 0 Å². The molecule has 0 aliphatic heterocycles. The lowest BCUT2D eigenvalue weighted by atomic mass is 9.88. The molecule has 0 saturated carbocycles. The third-order valence-electron chi connectivity index (χ3n) is 8.00. The minimum absolute atomic E-state index is 1.03. The molecule has 0 N–H and O–H groups in total. The number of hydrogen-bond donors (Lipinski definition) is 0. The highest BCUT2D eigenvalue weighted by Gasteiger charge is 2.25. The SMILES string of the molecule is Cc1ccc2c(c1)c(-c1ccc3cccnc3c1)cc1c3ccc(C)c4c3c(cc21)-c1ccccc1-4. The summed E-state index contributed by atoms with van der Waals surface area (Å²) in [6, 6.07) is 36.0. The van der Waals surface area contributed by atoms with Crippen molar-refractivity contribution in [3.63, 3.8) is 0 Å². The van der Waals surface area contributed by atoms with E-state index in [0.717, 1.165) is 5.52 Å². The number of aromatic nitrogens is 1. The van der Waals surface area contributed by atoms with Crippen molar-refractivity contribution in [2.24, 2.45) is 0 Å². The molecule has 6 aromatic carbocycles. The van der Waals surface area contributed by atoms with Crippen LogP contribution < -0.4 is 0 Å². The van der Waals surface area contributed by atoms with Crippen molar-refractivity contribution in [3.05, 3.63) is 114 Å². The number of benzene rings is 6. The number of rotatable bonds is 1. The van der Waals surface area contributed by atoms with Crippen molar-refractivity contribution in [3.8, 4) is 33.4 Å². The average molecular weight is 458 g/mol. The Morgan fingerprint density at radius 1 is 0.528 bits per heavy atom. The monoisotopic (exact) mass is 457 g/mol. The fraction of sp³-hybridized carbons (Fsp3) is 0.0571. The van der Waals surface area contributed by atoms with E-state index in [2.05, 4.69) is 110 Å². The first-order valence-corrected chi connectivity index (χ1v) is 12.6. The van der Waals surface area contributed by atoms with Crippen LogP contribution in [0, 0.1) is 13.8 Å². The van der Waals surface area contributed by atoms with Crippen molar-refractivity contribution >= 4 is 43.2 Å². The maximum atomic E-state index is 4.64. The van der Waals surface area contributed by atoms with E-state index in [1.54, 1.807) is 0 Å². The standard InChI is InChI=1S/C35H23N/c1-20-9-13-25-29(16-20)28(23-12-11-22-6-5-15-36-33(22)17-23)18-31-27-14-10-21(2)34-26-8-4-3-7-24(26)32(35(27)34)19-30(25)31/h3-19H,1-2H3. The number of fused-ring (bicyclic) bond motifs is 8. The van der Waals surface area contributed by atoms with Crippen molar-refractivity contribution in [1.29, 1.82) is 0 Å². The molecule has 1 heteroatoms. The van der Waals surface area contributed by atoms with Gasteiger partial charge in [0.2, 0.25) is 0 Å². The van der Waals surface area contributed by atoms with Crippen molar-refractivity contribution in [2.75, 3.05) is 0 Å². The first-order chi connectivity index (χ1) is 17.7. The molecular weight excluding hydrogens is 434 g/mol. The van der Waals surface area contributed by atoms with Crippen LogP contribution in [0.15, 0.2) is 103 Å². The number of pyridine rings is 1. The molecule has 0 bridgehead atoms. The smallest absolute Gasteiger partial charge is 0.0708 e. The Hall–Kier alpha value is -4.49. The quantitative estimate of drug-likeness (QED) is 0.224. The Bertz CT molecular complexity index is 2060. The summed E-state index contributed by atoms with van der Waals surface area (Å²) in [5.74, 6) is 0. The summed E-state index contributed by atoms with van der Waals surface area (Å²) in [7, 11) is 0. The Labute approximate surface area is 209 Å². The predicted molar refractivity (Wildman–Crippen MR) is 154 cm³/mol. The Morgan fingerprint density at radius 3 is 2.25 bits per heavy atom. The van der Waals surface area contributed by atoms with Gasteiger partial charge in [0.15, 0.2) is 0 Å². The second-order valence-corrected chi connectivity index (χ2v) is 10.1. The molecule has 36 heavy (non-hydrogen) atoms. The number of aryl methyl sites for hydroxylation is 2. The van der Waals surface area contributed by atoms with Gasteiger partial charge in [0.25, 0.3) is 0 Å². The molecule has 0 fully saturated rings. The largest absolute Gasteiger partial charge is 0.256 e. The third kappa shape index (κ3) is 2.58. The van der Waals surface area contributed by atoms with Crippen molar-refractivity contribution in [1.82, 2.24) is 4.98 Å². The zero-order chi connectivity index (χ0) is 24.0. The van der Waals surface area contributed by atoms with Crippen LogP contribution in [0.2, 0.25) is 0 Å². The van der Waals surface area contributed by atoms with E-state index in [4.69, 9.17) is 0 Å². The van der Waals surface area contributed by atoms with Crippen molar-refractivity contribution < 1.29 is 0 Å². The molecule has 0 amide bonds. The fourth-order valence-corrected chi connectivity index (χ4v) is 6.33. The molecule has 0 radical (unpaired) electrons. The summed E-state index contributed by atoms with van der Waals surface area (Å²) in [5.41, 5.74) is 11.6. The molecule has 7 aromatic rings. The van der Waals surface area contributed by atoms with E-state index in [0.29, 0.717) is 0 Å². The summed E-state index contributed by atoms with van der Waals surface area (Å²) in [6.07, 6.45) is 1.88. The van der Waals surface area contributed by atoms with E-state index in [1.807, 2.05) is 12.3 Å². The zero-order valence-corrected chi connectivity index (χ0v) is 20.3. The number of nitrogens with zero attached hydrogens (tertiary/aromatic N) is 1. The first kappa shape index (κ1) is 19.8. The topological polar surface area (TPSA) is 12.9 Å². The van der Waals surface area contributed by atoms with Gasteiger partial charge in [-0.3, -0.25) is 4.98 Å². The van der Waals surface area contributed by atoms with E-state index in [9.17, 15) is 0 Å². The molecule has 0 atom stereocenters. The first-order valence-electron chi connectivity index (χ1n) is 12.6. The van der Waals surface area contributed by atoms with Gasteiger partial charge in [0.1, 0.15) is 0 Å². The van der Waals surface area contributed by atoms with Gasteiger partial charge in [0.05, 0.1) is 5.52 Å². The van der Waals surface area contributed by atoms with Crippen LogP contribution in [-0.4, -0.2) is 4.98 Å². The predicted octanol–water partition coefficient (Wildman–Crippen LogP) is 9.63. The van der Waals surface area contributed by atoms with Crippen LogP contribution in [-0.2, 0) is 0 Å². The Morgan fingerprint density at radius 2 is 1.33 bits per heavy atom. The molecule has 0 unspecified atom stereocenters. The van der Waals surface area contributed by atoms with E-state index in [1.165, 1.54) is 82.2 Å². The molecule has 1 aliphatic rings. The second-order valence-electron chi connectivity index (χ2n) is 10.1. The molecular formula is C35H23N. The van der Waals surface area contributed by atoms with E-state index in [-0.39, 0.29) is 0 Å². The minimum atomic E-state index is 1.03. The summed E-state index contributed by atoms with van der Waals surface area (Å²) >= 11 is 0. The lowest BCUT2D eigenvalue weighted by Crippen LogP contribution is -1.89. The highest BCUT2D eigenvalue weighted by atomic mass is 14.6. The van der Waals surface area contributed by atoms with Crippen molar-refractivity contribution in [2.45, 2.75) is 13.8 Å². The highest BCUT2D eigenvalue weighted by molar-refractivity contribution is 6.29. The van der Waals surface area contributed by atoms with Gasteiger partial charge < -0.3 is 0 Å². The molecule has 8 rings (SSSR count). The molecule has 168 valence electrons. The summed E-state index contributed by atoms with van der Waals surface area (Å²) in [5, 5.41) is 9.13. The van der Waals surface area contributed by atoms with Gasteiger partial charge in [0, 0.05) is 11.6 Å². The van der Waals surface area contributed by atoms with Crippen LogP contribution in [0.3, 0.4) is 0 Å². The third-order valence-corrected chi connectivity index (χ3v) is 8.00. The van der Waals surface area contributed by atoms with Gasteiger partial charge in [-0.15, -0.1) is 0 Å². The fourth-order valence-electron chi connectivity index (χ4n) is 6.33. The summed E-state index contributed by atoms with van der Waals surface area (Å²) in [6.45, 7) is 4.42. The maximum Gasteiger partial charge on any atom is 0.0708 e. The van der Waals surface area contributed by atoms with Gasteiger partial charge in [-0.1, -0.05) is 78.4 Å². The average Bonchev–Trinajstić information content (AvgIpc) is 3.25. The highest BCUT2D eigenvalue weighted by Crippen LogP contribution is 2.52. The van der Waals surface area contributed by atoms with Crippen LogP contribution in [0.1, 0.15) is 11.1 Å². The molecule has 0 saturated heterocycles. The summed E-state index contributed by atoms with van der Waals surface area (Å²) < 4.78 is 0. The van der Waals surface area contributed by atoms with Crippen LogP contribution in [0.4, 0.5) is 0 Å². The number of hydrogen-bond acceptors (Lipinski definition) is 1. The van der Waals surface area contributed by atoms with Gasteiger partial charge in [-0.25, -0.2) is 0 Å². The Kier molecular flexibility index (Phi) is 3.86. The second kappa shape index (κ2) is 7.02. The van der Waals surface area contributed by atoms with Gasteiger partial charge in [-0.2, -0.15) is 0 Å². The van der Waals surface area contributed by atoms with Crippen LogP contribution in [0.25, 0.3) is 76.6 Å². The van der Waals surface area contributed by atoms with E-state index < -0.39 is 0 Å². The van der Waals surface area contributed by atoms with Gasteiger partial charge in [-0.05, 0) is 109 Å². The molecule has 1 nitrogen and oxygen atoms in total. The zero-order valence-electron chi connectivity index (χ0n) is 20.3. The molecule has 0 spiro atoms. The lowest BCUT2D eigenvalue weighted by molar-refractivity contribution is 1.41. The van der Waals surface area contributed by atoms with Crippen LogP contribution in [0.5, 0.6) is 0 Å². The minimum Gasteiger partial charge on any atom is -0.256 e. The molecule has 1 aliphatic carbocycles. The normalized spacial score (nSPS) is 12.2. The van der Waals surface area contributed by atoms with Gasteiger partial charge >= 0.3 is 0 Å². The summed E-state index contributed by atoms with van der Waals surface area (Å²) in [4.78, 5) is 4.64. The van der Waals surface area contributed by atoms with E-state index >= 15 is 0 Å². The molecule has 1 aromatic heterocycles. The Balaban J connectivity index is 1.56. The molecule has 1 heterocycles. The lowest BCUT2D eigenvalue weighted by Gasteiger charge is -2.16. The maximum absolute atomic E-state index is 4.64.